The Hall–Kier alpha value is -0.440. The number of Topliss-reactive ketones (excluding diaryl/α,β-unsaturated/α-hetero) is 1. The van der Waals surface area contributed by atoms with Gasteiger partial charge in [-0.05, 0) is 18.3 Å². The van der Waals surface area contributed by atoms with Gasteiger partial charge in [-0.25, -0.2) is 0 Å². The van der Waals surface area contributed by atoms with E-state index in [1.54, 1.807) is 0 Å². The van der Waals surface area contributed by atoms with Gasteiger partial charge >= 0.3 is 0 Å². The van der Waals surface area contributed by atoms with E-state index < -0.39 is 0 Å². The molecule has 0 aliphatic heterocycles. The fourth-order valence-electron chi connectivity index (χ4n) is 1.67. The Morgan fingerprint density at radius 1 is 1.40 bits per heavy atom. The molecule has 0 saturated carbocycles. The topological polar surface area (TPSA) is 20.3 Å². The highest BCUT2D eigenvalue weighted by atomic mass is 32.1. The Morgan fingerprint density at radius 3 is 2.40 bits per heavy atom. The first-order chi connectivity index (χ1) is 6.81. The molecule has 1 rings (SSSR count). The SMILES string of the molecule is CN(CCCC(C)(C)C)C1=C(S)C(=O)C1. The molecule has 0 aromatic carbocycles. The molecular formula is C12H21NOS. The predicted octanol–water partition coefficient (Wildman–Crippen LogP) is 2.86. The number of carbonyl (C=O) groups excluding carboxylic acids is 1. The summed E-state index contributed by atoms with van der Waals surface area (Å²) in [5.41, 5.74) is 1.51. The van der Waals surface area contributed by atoms with Crippen LogP contribution in [0.25, 0.3) is 0 Å². The first-order valence-corrected chi connectivity index (χ1v) is 5.92. The smallest absolute Gasteiger partial charge is 0.176 e. The molecule has 15 heavy (non-hydrogen) atoms. The molecule has 0 N–H and O–H groups in total. The molecule has 0 aromatic heterocycles. The van der Waals surface area contributed by atoms with Crippen LogP contribution in [-0.4, -0.2) is 24.3 Å². The molecule has 0 radical (unpaired) electrons. The van der Waals surface area contributed by atoms with Gasteiger partial charge in [0.2, 0.25) is 0 Å². The number of hydrogen-bond acceptors (Lipinski definition) is 3. The molecule has 0 bridgehead atoms. The fraction of sp³-hybridized carbons (Fsp3) is 0.750. The van der Waals surface area contributed by atoms with E-state index in [4.69, 9.17) is 0 Å². The lowest BCUT2D eigenvalue weighted by Gasteiger charge is -2.30. The van der Waals surface area contributed by atoms with E-state index in [1.165, 1.54) is 12.8 Å². The number of thiol groups is 1. The van der Waals surface area contributed by atoms with E-state index in [2.05, 4.69) is 38.3 Å². The summed E-state index contributed by atoms with van der Waals surface area (Å²) in [6.07, 6.45) is 2.95. The number of nitrogens with zero attached hydrogens (tertiary/aromatic N) is 1. The molecule has 2 nitrogen and oxygen atoms in total. The molecule has 0 aromatic rings. The van der Waals surface area contributed by atoms with Gasteiger partial charge in [0.25, 0.3) is 0 Å². The fourth-order valence-corrected chi connectivity index (χ4v) is 2.00. The minimum absolute atomic E-state index is 0.177. The van der Waals surface area contributed by atoms with Gasteiger partial charge in [0.05, 0.1) is 11.3 Å². The Kier molecular flexibility index (Phi) is 3.87. The van der Waals surface area contributed by atoms with Crippen LogP contribution in [-0.2, 0) is 4.79 Å². The van der Waals surface area contributed by atoms with Gasteiger partial charge in [0.1, 0.15) is 0 Å². The zero-order chi connectivity index (χ0) is 11.6. The molecular weight excluding hydrogens is 206 g/mol. The summed E-state index contributed by atoms with van der Waals surface area (Å²) in [6.45, 7) is 7.78. The molecule has 1 aliphatic carbocycles. The summed E-state index contributed by atoms with van der Waals surface area (Å²) in [5.74, 6) is 0.177. The highest BCUT2D eigenvalue weighted by Gasteiger charge is 2.26. The van der Waals surface area contributed by atoms with E-state index in [0.717, 1.165) is 12.2 Å². The third-order valence-corrected chi connectivity index (χ3v) is 3.25. The van der Waals surface area contributed by atoms with Gasteiger partial charge in [-0.3, -0.25) is 4.79 Å². The second-order valence-corrected chi connectivity index (χ2v) is 5.93. The van der Waals surface area contributed by atoms with Crippen LogP contribution in [0.5, 0.6) is 0 Å². The maximum absolute atomic E-state index is 11.0. The van der Waals surface area contributed by atoms with E-state index in [1.807, 2.05) is 7.05 Å². The summed E-state index contributed by atoms with van der Waals surface area (Å²) in [6, 6.07) is 0. The van der Waals surface area contributed by atoms with Crippen molar-refractivity contribution < 1.29 is 4.79 Å². The summed E-state index contributed by atoms with van der Waals surface area (Å²) in [7, 11) is 2.04. The molecule has 0 fully saturated rings. The van der Waals surface area contributed by atoms with Gasteiger partial charge in [-0.1, -0.05) is 20.8 Å². The second kappa shape index (κ2) is 4.60. The summed E-state index contributed by atoms with van der Waals surface area (Å²) < 4.78 is 0. The zero-order valence-corrected chi connectivity index (χ0v) is 11.0. The van der Waals surface area contributed by atoms with Crippen molar-refractivity contribution in [1.82, 2.24) is 4.90 Å². The van der Waals surface area contributed by atoms with Crippen LogP contribution < -0.4 is 0 Å². The number of ketones is 1. The van der Waals surface area contributed by atoms with Crippen molar-refractivity contribution in [1.29, 1.82) is 0 Å². The summed E-state index contributed by atoms with van der Waals surface area (Å²) >= 11 is 4.18. The summed E-state index contributed by atoms with van der Waals surface area (Å²) in [5, 5.41) is 0. The lowest BCUT2D eigenvalue weighted by atomic mass is 9.90. The van der Waals surface area contributed by atoms with Crippen LogP contribution in [0.3, 0.4) is 0 Å². The number of carbonyl (C=O) groups is 1. The number of rotatable bonds is 4. The molecule has 86 valence electrons. The maximum Gasteiger partial charge on any atom is 0.176 e. The molecule has 0 unspecified atom stereocenters. The molecule has 1 aliphatic rings. The van der Waals surface area contributed by atoms with Gasteiger partial charge < -0.3 is 4.90 Å². The van der Waals surface area contributed by atoms with E-state index in [0.29, 0.717) is 16.7 Å². The molecule has 0 atom stereocenters. The van der Waals surface area contributed by atoms with Crippen LogP contribution in [0.4, 0.5) is 0 Å². The lowest BCUT2D eigenvalue weighted by Crippen LogP contribution is -2.29. The minimum Gasteiger partial charge on any atom is -0.377 e. The molecule has 0 heterocycles. The first kappa shape index (κ1) is 12.6. The first-order valence-electron chi connectivity index (χ1n) is 5.48. The van der Waals surface area contributed by atoms with Crippen molar-refractivity contribution in [2.24, 2.45) is 5.41 Å². The van der Waals surface area contributed by atoms with Gasteiger partial charge in [0, 0.05) is 19.3 Å². The van der Waals surface area contributed by atoms with Crippen molar-refractivity contribution in [3.05, 3.63) is 10.6 Å². The number of allylic oxidation sites excluding steroid dienone is 2. The van der Waals surface area contributed by atoms with Gasteiger partial charge in [-0.15, -0.1) is 12.6 Å². The number of hydrogen-bond donors (Lipinski definition) is 1. The van der Waals surface area contributed by atoms with Crippen LogP contribution >= 0.6 is 12.6 Å². The molecule has 0 spiro atoms. The highest BCUT2D eigenvalue weighted by Crippen LogP contribution is 2.29. The molecule has 3 heteroatoms. The minimum atomic E-state index is 0.177. The van der Waals surface area contributed by atoms with Gasteiger partial charge in [0.15, 0.2) is 5.78 Å². The van der Waals surface area contributed by atoms with Crippen LogP contribution in [0.15, 0.2) is 10.6 Å². The Labute approximate surface area is 98.1 Å². The normalized spacial score (nSPS) is 16.7. The highest BCUT2D eigenvalue weighted by molar-refractivity contribution is 7.85. The average molecular weight is 227 g/mol. The third-order valence-electron chi connectivity index (χ3n) is 2.75. The van der Waals surface area contributed by atoms with Crippen molar-refractivity contribution in [3.8, 4) is 0 Å². The van der Waals surface area contributed by atoms with Crippen molar-refractivity contribution >= 4 is 18.4 Å². The quantitative estimate of drug-likeness (QED) is 0.745. The lowest BCUT2D eigenvalue weighted by molar-refractivity contribution is -0.116. The van der Waals surface area contributed by atoms with Crippen molar-refractivity contribution in [3.63, 3.8) is 0 Å². The van der Waals surface area contributed by atoms with Crippen LogP contribution in [0.2, 0.25) is 0 Å². The average Bonchev–Trinajstić information content (AvgIpc) is 2.11. The van der Waals surface area contributed by atoms with Crippen LogP contribution in [0, 0.1) is 5.41 Å². The van der Waals surface area contributed by atoms with Crippen LogP contribution in [0.1, 0.15) is 40.0 Å². The Balaban J connectivity index is 2.32. The maximum atomic E-state index is 11.0. The predicted molar refractivity (Wildman–Crippen MR) is 67.0 cm³/mol. The molecule has 0 amide bonds. The Morgan fingerprint density at radius 2 is 2.00 bits per heavy atom. The van der Waals surface area contributed by atoms with Crippen molar-refractivity contribution in [2.45, 2.75) is 40.0 Å². The summed E-state index contributed by atoms with van der Waals surface area (Å²) in [4.78, 5) is 13.8. The van der Waals surface area contributed by atoms with Gasteiger partial charge in [-0.2, -0.15) is 0 Å². The zero-order valence-electron chi connectivity index (χ0n) is 10.1. The Bertz CT molecular complexity index is 288. The standard InChI is InChI=1S/C12H21NOS/c1-12(2,3)6-5-7-13(4)9-8-10(14)11(9)15/h15H,5-8H2,1-4H3. The third kappa shape index (κ3) is 3.56. The van der Waals surface area contributed by atoms with E-state index in [-0.39, 0.29) is 5.78 Å². The largest absolute Gasteiger partial charge is 0.377 e. The second-order valence-electron chi connectivity index (χ2n) is 5.48. The van der Waals surface area contributed by atoms with E-state index in [9.17, 15) is 4.79 Å². The molecule has 0 saturated heterocycles. The van der Waals surface area contributed by atoms with E-state index >= 15 is 0 Å². The monoisotopic (exact) mass is 227 g/mol. The van der Waals surface area contributed by atoms with Crippen molar-refractivity contribution in [2.75, 3.05) is 13.6 Å².